The lowest BCUT2D eigenvalue weighted by Gasteiger charge is -1.85. The fourth-order valence-electron chi connectivity index (χ4n) is 0.331. The van der Waals surface area contributed by atoms with Gasteiger partial charge in [-0.25, -0.2) is 0 Å². The summed E-state index contributed by atoms with van der Waals surface area (Å²) in [6.45, 7) is 7.75. The maximum atomic E-state index is 3.62. The second-order valence-corrected chi connectivity index (χ2v) is 2.78. The van der Waals surface area contributed by atoms with Gasteiger partial charge in [0.05, 0.1) is 0 Å². The predicted molar refractivity (Wildman–Crippen MR) is 47.4 cm³/mol. The zero-order chi connectivity index (χ0) is 7.28. The van der Waals surface area contributed by atoms with Crippen LogP contribution < -0.4 is 0 Å². The number of hydrogen-bond donors (Lipinski definition) is 0. The van der Waals surface area contributed by atoms with E-state index in [1.165, 1.54) is 5.57 Å². The normalized spacial score (nSPS) is 10.8. The van der Waals surface area contributed by atoms with E-state index in [-0.39, 0.29) is 0 Å². The summed E-state index contributed by atoms with van der Waals surface area (Å²) >= 11 is 0. The van der Waals surface area contributed by atoms with Crippen LogP contribution in [-0.4, -0.2) is 0 Å². The molecule has 0 aromatic carbocycles. The largest absolute Gasteiger partial charge is 0.106 e. The molecule has 0 amide bonds. The fraction of sp³-hybridized carbons (Fsp3) is 0.250. The van der Waals surface area contributed by atoms with E-state index in [1.54, 1.807) is 0 Å². The molecule has 0 radical (unpaired) electrons. The first-order valence-corrected chi connectivity index (χ1v) is 3.47. The Bertz CT molecular complexity index is 148. The van der Waals surface area contributed by atoms with Gasteiger partial charge in [0, 0.05) is 0 Å². The summed E-state index contributed by atoms with van der Waals surface area (Å²) in [7, 11) is 2.60. The molecule has 9 heavy (non-hydrogen) atoms. The highest BCUT2D eigenvalue weighted by Crippen LogP contribution is 2.06. The van der Waals surface area contributed by atoms with E-state index < -0.39 is 0 Å². The maximum Gasteiger partial charge on any atom is -0.0309 e. The van der Waals surface area contributed by atoms with Crippen LogP contribution in [-0.2, 0) is 0 Å². The molecule has 0 saturated carbocycles. The van der Waals surface area contributed by atoms with Crippen LogP contribution >= 0.6 is 9.24 Å². The summed E-state index contributed by atoms with van der Waals surface area (Å²) in [6, 6.07) is 0. The molecule has 1 atom stereocenters. The molecule has 0 aromatic heterocycles. The molecule has 0 N–H and O–H groups in total. The van der Waals surface area contributed by atoms with Crippen LogP contribution in [0.3, 0.4) is 0 Å². The Balaban J connectivity index is 3.98. The van der Waals surface area contributed by atoms with Crippen molar-refractivity contribution in [1.29, 1.82) is 0 Å². The lowest BCUT2D eigenvalue weighted by molar-refractivity contribution is 1.39. The van der Waals surface area contributed by atoms with Crippen LogP contribution in [0.15, 0.2) is 35.7 Å². The average molecular weight is 140 g/mol. The Morgan fingerprint density at radius 3 is 2.22 bits per heavy atom. The van der Waals surface area contributed by atoms with Crippen molar-refractivity contribution in [2.45, 2.75) is 13.8 Å². The first-order chi connectivity index (χ1) is 4.16. The van der Waals surface area contributed by atoms with Gasteiger partial charge < -0.3 is 0 Å². The molecule has 1 heteroatoms. The maximum absolute atomic E-state index is 3.62. The number of hydrogen-bond acceptors (Lipinski definition) is 0. The van der Waals surface area contributed by atoms with Gasteiger partial charge in [-0.2, -0.15) is 0 Å². The average Bonchev–Trinajstić information content (AvgIpc) is 1.83. The second-order valence-electron chi connectivity index (χ2n) is 2.11. The Labute approximate surface area is 59.6 Å². The van der Waals surface area contributed by atoms with Gasteiger partial charge in [-0.05, 0) is 19.2 Å². The molecule has 0 aliphatic heterocycles. The van der Waals surface area contributed by atoms with Gasteiger partial charge in [0.1, 0.15) is 0 Å². The van der Waals surface area contributed by atoms with Crippen molar-refractivity contribution in [3.63, 3.8) is 0 Å². The van der Waals surface area contributed by atoms with Crippen molar-refractivity contribution < 1.29 is 0 Å². The molecule has 0 nitrogen and oxygen atoms in total. The Morgan fingerprint density at radius 2 is 1.89 bits per heavy atom. The van der Waals surface area contributed by atoms with Crippen molar-refractivity contribution in [3.05, 3.63) is 35.7 Å². The summed E-state index contributed by atoms with van der Waals surface area (Å²) < 4.78 is 0. The Morgan fingerprint density at radius 1 is 1.33 bits per heavy atom. The summed E-state index contributed by atoms with van der Waals surface area (Å²) in [6.07, 6.45) is 5.89. The quantitative estimate of drug-likeness (QED) is 0.408. The first-order valence-electron chi connectivity index (χ1n) is 2.90. The zero-order valence-corrected chi connectivity index (χ0v) is 7.17. The molecule has 50 valence electrons. The number of rotatable bonds is 2. The lowest BCUT2D eigenvalue weighted by Crippen LogP contribution is -1.61. The molecular weight excluding hydrogens is 127 g/mol. The molecule has 0 spiro atoms. The summed E-state index contributed by atoms with van der Waals surface area (Å²) in [5.74, 6) is 0. The predicted octanol–water partition coefficient (Wildman–Crippen LogP) is 2.90. The van der Waals surface area contributed by atoms with E-state index >= 15 is 0 Å². The minimum Gasteiger partial charge on any atom is -0.106 e. The van der Waals surface area contributed by atoms with E-state index in [2.05, 4.69) is 35.7 Å². The van der Waals surface area contributed by atoms with E-state index in [9.17, 15) is 0 Å². The summed E-state index contributed by atoms with van der Waals surface area (Å²) in [5, 5.41) is 1.12. The standard InChI is InChI=1S/C8H13P/c1-4-8(9)6-5-7(2)3/h4-6H,1,9H2,2-3H3/b8-6+. The van der Waals surface area contributed by atoms with Crippen LogP contribution in [0.4, 0.5) is 0 Å². The molecule has 0 saturated heterocycles. The van der Waals surface area contributed by atoms with Gasteiger partial charge in [0.25, 0.3) is 0 Å². The molecular formula is C8H13P. The minimum atomic E-state index is 1.12. The zero-order valence-electron chi connectivity index (χ0n) is 6.02. The van der Waals surface area contributed by atoms with Gasteiger partial charge in [-0.3, -0.25) is 0 Å². The molecule has 0 aliphatic carbocycles. The topological polar surface area (TPSA) is 0 Å². The highest BCUT2D eigenvalue weighted by atomic mass is 31.0. The van der Waals surface area contributed by atoms with Crippen molar-refractivity contribution >= 4 is 9.24 Å². The van der Waals surface area contributed by atoms with Crippen molar-refractivity contribution in [1.82, 2.24) is 0 Å². The summed E-state index contributed by atoms with van der Waals surface area (Å²) in [5.41, 5.74) is 1.30. The van der Waals surface area contributed by atoms with E-state index in [4.69, 9.17) is 0 Å². The van der Waals surface area contributed by atoms with Gasteiger partial charge in [-0.1, -0.05) is 30.4 Å². The molecule has 0 rings (SSSR count). The monoisotopic (exact) mass is 140 g/mol. The van der Waals surface area contributed by atoms with Crippen LogP contribution in [0.1, 0.15) is 13.8 Å². The third-order valence-electron chi connectivity index (χ3n) is 0.845. The van der Waals surface area contributed by atoms with E-state index in [0.717, 1.165) is 5.31 Å². The smallest absolute Gasteiger partial charge is 0.0309 e. The minimum absolute atomic E-state index is 1.12. The van der Waals surface area contributed by atoms with E-state index in [0.29, 0.717) is 0 Å². The highest BCUT2D eigenvalue weighted by Gasteiger charge is 1.74. The first kappa shape index (κ1) is 8.65. The third-order valence-corrected chi connectivity index (χ3v) is 1.27. The molecule has 0 aliphatic rings. The SMILES string of the molecule is C=C/C(P)=C\C=C(C)C. The molecule has 0 fully saturated rings. The van der Waals surface area contributed by atoms with Crippen LogP contribution in [0, 0.1) is 0 Å². The van der Waals surface area contributed by atoms with Crippen molar-refractivity contribution in [2.75, 3.05) is 0 Å². The van der Waals surface area contributed by atoms with Crippen LogP contribution in [0.2, 0.25) is 0 Å². The molecule has 0 aromatic rings. The van der Waals surface area contributed by atoms with Gasteiger partial charge in [-0.15, -0.1) is 9.24 Å². The van der Waals surface area contributed by atoms with Crippen LogP contribution in [0.5, 0.6) is 0 Å². The second kappa shape index (κ2) is 4.52. The van der Waals surface area contributed by atoms with Gasteiger partial charge >= 0.3 is 0 Å². The van der Waals surface area contributed by atoms with Crippen molar-refractivity contribution in [2.24, 2.45) is 0 Å². The number of allylic oxidation sites excluding steroid dienone is 5. The summed E-state index contributed by atoms with van der Waals surface area (Å²) in [4.78, 5) is 0. The fourth-order valence-corrected chi connectivity index (χ4v) is 0.427. The molecule has 0 heterocycles. The third kappa shape index (κ3) is 5.52. The lowest BCUT2D eigenvalue weighted by atomic mass is 10.3. The molecule has 1 unspecified atom stereocenters. The van der Waals surface area contributed by atoms with Gasteiger partial charge in [0.15, 0.2) is 0 Å². The van der Waals surface area contributed by atoms with Crippen LogP contribution in [0.25, 0.3) is 0 Å². The Hall–Kier alpha value is -0.350. The Kier molecular flexibility index (Phi) is 4.35. The van der Waals surface area contributed by atoms with Gasteiger partial charge in [0.2, 0.25) is 0 Å². The molecule has 0 bridgehead atoms. The van der Waals surface area contributed by atoms with E-state index in [1.807, 2.05) is 12.2 Å². The van der Waals surface area contributed by atoms with Crippen molar-refractivity contribution in [3.8, 4) is 0 Å². The highest BCUT2D eigenvalue weighted by molar-refractivity contribution is 7.22.